The van der Waals surface area contributed by atoms with E-state index in [-0.39, 0.29) is 18.7 Å². The second-order valence-corrected chi connectivity index (χ2v) is 9.86. The van der Waals surface area contributed by atoms with Crippen LogP contribution in [-0.2, 0) is 22.7 Å². The first kappa shape index (κ1) is 21.3. The molecule has 0 aliphatic carbocycles. The summed E-state index contributed by atoms with van der Waals surface area (Å²) in [6, 6.07) is 23.4. The van der Waals surface area contributed by atoms with E-state index in [9.17, 15) is 9.35 Å². The maximum absolute atomic E-state index is 13.5. The van der Waals surface area contributed by atoms with E-state index in [2.05, 4.69) is 0 Å². The van der Waals surface area contributed by atoms with Gasteiger partial charge in [-0.15, -0.1) is 4.31 Å². The number of hydrogen-bond donors (Lipinski definition) is 0. The van der Waals surface area contributed by atoms with Crippen molar-refractivity contribution in [3.05, 3.63) is 83.4 Å². The van der Waals surface area contributed by atoms with Crippen LogP contribution in [0.3, 0.4) is 0 Å². The predicted octanol–water partition coefficient (Wildman–Crippen LogP) is 5.65. The maximum atomic E-state index is 13.5. The fourth-order valence-electron chi connectivity index (χ4n) is 4.44. The molecule has 1 saturated heterocycles. The predicted molar refractivity (Wildman–Crippen MR) is 127 cm³/mol. The SMILES string of the molecule is O=C1OCc2cc(Cl)ccc2N1C1CCN([S+]([O-])c2ccccc2-c2ccccc2)CC1. The normalized spacial score (nSPS) is 18.2. The van der Waals surface area contributed by atoms with Crippen LogP contribution in [-0.4, -0.2) is 34.1 Å². The van der Waals surface area contributed by atoms with Gasteiger partial charge in [-0.3, -0.25) is 4.90 Å². The van der Waals surface area contributed by atoms with Crippen molar-refractivity contribution >= 4 is 34.7 Å². The lowest BCUT2D eigenvalue weighted by molar-refractivity contribution is 0.136. The van der Waals surface area contributed by atoms with Crippen LogP contribution in [0.5, 0.6) is 0 Å². The molecule has 2 aliphatic heterocycles. The van der Waals surface area contributed by atoms with Crippen molar-refractivity contribution in [2.75, 3.05) is 18.0 Å². The smallest absolute Gasteiger partial charge is 0.414 e. The summed E-state index contributed by atoms with van der Waals surface area (Å²) in [5.41, 5.74) is 3.82. The summed E-state index contributed by atoms with van der Waals surface area (Å²) >= 11 is 4.84. The van der Waals surface area contributed by atoms with Gasteiger partial charge in [0.2, 0.25) is 0 Å². The molecule has 1 amide bonds. The van der Waals surface area contributed by atoms with Gasteiger partial charge in [-0.2, -0.15) is 0 Å². The highest BCUT2D eigenvalue weighted by atomic mass is 35.5. The molecule has 0 aromatic heterocycles. The summed E-state index contributed by atoms with van der Waals surface area (Å²) in [5, 5.41) is 0.629. The standard InChI is InChI=1S/C25H23ClN2O3S/c26-20-10-11-23-19(16-20)17-31-25(29)28(23)21-12-14-27(15-13-21)32(30)24-9-5-4-8-22(24)18-6-2-1-3-7-18/h1-11,16,21H,12-15,17H2. The van der Waals surface area contributed by atoms with E-state index in [1.807, 2.05) is 71.0 Å². The average Bonchev–Trinajstić information content (AvgIpc) is 2.84. The number of benzene rings is 3. The van der Waals surface area contributed by atoms with Crippen LogP contribution < -0.4 is 4.90 Å². The Kier molecular flexibility index (Phi) is 6.11. The zero-order valence-corrected chi connectivity index (χ0v) is 19.0. The van der Waals surface area contributed by atoms with Crippen LogP contribution in [0.15, 0.2) is 77.7 Å². The number of hydrogen-bond acceptors (Lipinski definition) is 4. The molecule has 0 bridgehead atoms. The van der Waals surface area contributed by atoms with Gasteiger partial charge in [0, 0.05) is 35.3 Å². The fraction of sp³-hybridized carbons (Fsp3) is 0.240. The average molecular weight is 467 g/mol. The first-order valence-corrected chi connectivity index (χ1v) is 12.2. The number of halogens is 1. The minimum Gasteiger partial charge on any atom is -0.593 e. The van der Waals surface area contributed by atoms with Crippen LogP contribution >= 0.6 is 11.6 Å². The molecule has 1 atom stereocenters. The lowest BCUT2D eigenvalue weighted by Crippen LogP contribution is -2.50. The molecule has 32 heavy (non-hydrogen) atoms. The van der Waals surface area contributed by atoms with Crippen LogP contribution in [0.25, 0.3) is 11.1 Å². The number of nitrogens with zero attached hydrogens (tertiary/aromatic N) is 2. The Morgan fingerprint density at radius 2 is 1.69 bits per heavy atom. The van der Waals surface area contributed by atoms with E-state index in [4.69, 9.17) is 16.3 Å². The second-order valence-electron chi connectivity index (χ2n) is 7.97. The van der Waals surface area contributed by atoms with E-state index in [0.717, 1.165) is 40.1 Å². The molecule has 7 heteroatoms. The van der Waals surface area contributed by atoms with Gasteiger partial charge >= 0.3 is 6.09 Å². The molecule has 2 heterocycles. The fourth-order valence-corrected chi connectivity index (χ4v) is 6.02. The third kappa shape index (κ3) is 4.11. The van der Waals surface area contributed by atoms with Crippen molar-refractivity contribution < 1.29 is 14.1 Å². The maximum Gasteiger partial charge on any atom is 0.414 e. The third-order valence-corrected chi connectivity index (χ3v) is 7.83. The Hall–Kier alpha value is -2.51. The highest BCUT2D eigenvalue weighted by Crippen LogP contribution is 2.35. The topological polar surface area (TPSA) is 55.8 Å². The first-order valence-electron chi connectivity index (χ1n) is 10.7. The van der Waals surface area contributed by atoms with E-state index in [1.165, 1.54) is 0 Å². The van der Waals surface area contributed by atoms with E-state index in [1.54, 1.807) is 11.0 Å². The van der Waals surface area contributed by atoms with E-state index >= 15 is 0 Å². The summed E-state index contributed by atoms with van der Waals surface area (Å²) in [6.07, 6.45) is 1.11. The summed E-state index contributed by atoms with van der Waals surface area (Å²) in [4.78, 5) is 15.1. The number of ether oxygens (including phenoxy) is 1. The van der Waals surface area contributed by atoms with Crippen molar-refractivity contribution in [2.45, 2.75) is 30.4 Å². The molecule has 0 N–H and O–H groups in total. The highest BCUT2D eigenvalue weighted by Gasteiger charge is 2.37. The number of piperidine rings is 1. The summed E-state index contributed by atoms with van der Waals surface area (Å²) in [6.45, 7) is 1.50. The molecule has 1 fully saturated rings. The van der Waals surface area contributed by atoms with Crippen molar-refractivity contribution in [1.29, 1.82) is 0 Å². The molecule has 0 spiro atoms. The molecule has 3 aromatic carbocycles. The molecule has 5 rings (SSSR count). The van der Waals surface area contributed by atoms with Crippen molar-refractivity contribution in [3.63, 3.8) is 0 Å². The second kappa shape index (κ2) is 9.16. The lowest BCUT2D eigenvalue weighted by Gasteiger charge is -2.39. The van der Waals surface area contributed by atoms with Gasteiger partial charge in [-0.1, -0.05) is 54.1 Å². The van der Waals surface area contributed by atoms with Crippen molar-refractivity contribution in [1.82, 2.24) is 4.31 Å². The third-order valence-electron chi connectivity index (χ3n) is 6.03. The van der Waals surface area contributed by atoms with Gasteiger partial charge in [0.05, 0.1) is 17.0 Å². The Morgan fingerprint density at radius 3 is 2.47 bits per heavy atom. The number of carbonyl (C=O) groups excluding carboxylic acids is 1. The number of anilines is 1. The van der Waals surface area contributed by atoms with Crippen LogP contribution in [0.4, 0.5) is 10.5 Å². The molecule has 0 radical (unpaired) electrons. The van der Waals surface area contributed by atoms with Crippen LogP contribution in [0.1, 0.15) is 18.4 Å². The Bertz CT molecular complexity index is 1120. The summed E-state index contributed by atoms with van der Waals surface area (Å²) in [7, 11) is 0. The zero-order chi connectivity index (χ0) is 22.1. The number of cyclic esters (lactones) is 1. The van der Waals surface area contributed by atoms with E-state index < -0.39 is 11.4 Å². The monoisotopic (exact) mass is 466 g/mol. The van der Waals surface area contributed by atoms with Crippen molar-refractivity contribution in [2.24, 2.45) is 0 Å². The van der Waals surface area contributed by atoms with Gasteiger partial charge in [0.1, 0.15) is 6.61 Å². The number of fused-ring (bicyclic) bond motifs is 1. The van der Waals surface area contributed by atoms with Crippen molar-refractivity contribution in [3.8, 4) is 11.1 Å². The van der Waals surface area contributed by atoms with Gasteiger partial charge in [0.25, 0.3) is 0 Å². The number of rotatable bonds is 4. The molecule has 5 nitrogen and oxygen atoms in total. The lowest BCUT2D eigenvalue weighted by atomic mass is 10.0. The van der Waals surface area contributed by atoms with Gasteiger partial charge < -0.3 is 9.29 Å². The largest absolute Gasteiger partial charge is 0.593 e. The van der Waals surface area contributed by atoms with Gasteiger partial charge in [-0.25, -0.2) is 4.79 Å². The molecule has 0 saturated carbocycles. The molecule has 164 valence electrons. The Morgan fingerprint density at radius 1 is 0.969 bits per heavy atom. The molecular formula is C25H23ClN2O3S. The minimum absolute atomic E-state index is 0.000317. The quantitative estimate of drug-likeness (QED) is 0.466. The molecule has 1 unspecified atom stereocenters. The Labute approximate surface area is 195 Å². The molecular weight excluding hydrogens is 444 g/mol. The number of amides is 1. The zero-order valence-electron chi connectivity index (χ0n) is 17.4. The van der Waals surface area contributed by atoms with Crippen LogP contribution in [0.2, 0.25) is 5.02 Å². The number of carbonyl (C=O) groups is 1. The first-order chi connectivity index (χ1) is 15.6. The molecule has 3 aromatic rings. The Balaban J connectivity index is 1.33. The minimum atomic E-state index is -1.28. The molecule has 2 aliphatic rings. The summed E-state index contributed by atoms with van der Waals surface area (Å²) in [5.74, 6) is 0. The highest BCUT2D eigenvalue weighted by molar-refractivity contribution is 7.89. The van der Waals surface area contributed by atoms with Gasteiger partial charge in [0.15, 0.2) is 4.90 Å². The van der Waals surface area contributed by atoms with Gasteiger partial charge in [-0.05, 0) is 48.7 Å². The summed E-state index contributed by atoms with van der Waals surface area (Å²) < 4.78 is 20.9. The van der Waals surface area contributed by atoms with Crippen LogP contribution in [0, 0.1) is 0 Å². The van der Waals surface area contributed by atoms with E-state index in [0.29, 0.717) is 18.1 Å².